The number of ether oxygens (including phenoxy) is 1. The number of phosphoric ester groups is 1. The smallest absolute Gasteiger partial charge is 0.306 e. The number of esters is 1. The number of quaternary nitrogens is 1. The van der Waals surface area contributed by atoms with Crippen molar-refractivity contribution < 1.29 is 37.3 Å². The predicted octanol–water partition coefficient (Wildman–Crippen LogP) is 15.8. The summed E-state index contributed by atoms with van der Waals surface area (Å²) in [5.41, 5.74) is 0. The molecule has 3 unspecified atom stereocenters. The molecule has 0 bridgehead atoms. The molecule has 0 heterocycles. The summed E-state index contributed by atoms with van der Waals surface area (Å²) >= 11 is 0. The van der Waals surface area contributed by atoms with E-state index >= 15 is 0 Å². The van der Waals surface area contributed by atoms with Gasteiger partial charge in [-0.2, -0.15) is 0 Å². The van der Waals surface area contributed by atoms with Gasteiger partial charge in [0.2, 0.25) is 5.91 Å². The Hall–Kier alpha value is -3.07. The molecule has 0 aromatic heterocycles. The maximum absolute atomic E-state index is 13.5. The van der Waals surface area contributed by atoms with E-state index in [0.717, 1.165) is 77.0 Å². The molecule has 1 amide bonds. The van der Waals surface area contributed by atoms with Crippen LogP contribution in [0.25, 0.3) is 0 Å². The van der Waals surface area contributed by atoms with E-state index < -0.39 is 26.6 Å². The number of carbonyl (C=O) groups excluding carboxylic acids is 2. The van der Waals surface area contributed by atoms with Gasteiger partial charge in [0.1, 0.15) is 19.3 Å². The Labute approximate surface area is 424 Å². The zero-order valence-corrected chi connectivity index (χ0v) is 45.9. The first-order valence-electron chi connectivity index (χ1n) is 27.6. The van der Waals surface area contributed by atoms with Crippen LogP contribution in [0.15, 0.2) is 97.2 Å². The molecule has 69 heavy (non-hydrogen) atoms. The number of allylic oxidation sites excluding steroid dienone is 15. The van der Waals surface area contributed by atoms with E-state index in [2.05, 4.69) is 50.4 Å². The maximum atomic E-state index is 13.5. The first-order valence-corrected chi connectivity index (χ1v) is 29.1. The molecule has 0 rings (SSSR count). The average Bonchev–Trinajstić information content (AvgIpc) is 3.31. The number of likely N-dealkylation sites (N-methyl/N-ethyl adjacent to an activating group) is 1. The van der Waals surface area contributed by atoms with Crippen LogP contribution in [-0.4, -0.2) is 69.4 Å². The lowest BCUT2D eigenvalue weighted by Crippen LogP contribution is -2.47. The molecule has 10 heteroatoms. The fraction of sp³-hybridized carbons (Fsp3) is 0.695. The van der Waals surface area contributed by atoms with Crippen molar-refractivity contribution in [2.24, 2.45) is 0 Å². The fourth-order valence-corrected chi connectivity index (χ4v) is 8.09. The zero-order chi connectivity index (χ0) is 50.8. The lowest BCUT2D eigenvalue weighted by molar-refractivity contribution is -0.870. The molecule has 0 aromatic rings. The highest BCUT2D eigenvalue weighted by Crippen LogP contribution is 2.38. The standard InChI is InChI=1S/C59H103N2O7P/c1-7-10-13-16-19-22-25-27-29-30-32-34-37-40-43-46-49-52-59(63)68-57(50-47-44-41-38-35-24-21-18-15-12-9-3)56(55-67-69(64,65)66-54-53-61(4,5)6)60-58(62)51-48-45-42-39-36-33-31-28-26-23-20-17-14-11-8-2/h10,13,16,19,22-23,25-27,29-30,32,34,37,47,50,56-57H,7-9,11-12,14-15,17-18,20-21,24,28,31,33,35-36,38-46,48-49,51-55H2,1-6H3,(H-,60,62,64,65)/b13-10-,19-16+,25-22+,26-23-,29-27-,32-30+,37-34+,50-47+. The molecule has 0 saturated carbocycles. The molecular weight excluding hydrogens is 880 g/mol. The molecule has 0 saturated heterocycles. The lowest BCUT2D eigenvalue weighted by Gasteiger charge is -2.30. The molecule has 0 radical (unpaired) electrons. The molecule has 0 aliphatic heterocycles. The van der Waals surface area contributed by atoms with Gasteiger partial charge in [-0.25, -0.2) is 0 Å². The van der Waals surface area contributed by atoms with E-state index in [1.54, 1.807) is 6.08 Å². The Balaban J connectivity index is 5.47. The van der Waals surface area contributed by atoms with Gasteiger partial charge in [-0.1, -0.05) is 221 Å². The van der Waals surface area contributed by atoms with E-state index in [1.807, 2.05) is 88.0 Å². The van der Waals surface area contributed by atoms with Crippen LogP contribution in [0.3, 0.4) is 0 Å². The quantitative estimate of drug-likeness (QED) is 0.0161. The topological polar surface area (TPSA) is 114 Å². The second-order valence-electron chi connectivity index (χ2n) is 19.5. The van der Waals surface area contributed by atoms with Crippen LogP contribution in [0.5, 0.6) is 0 Å². The zero-order valence-electron chi connectivity index (χ0n) is 45.0. The van der Waals surface area contributed by atoms with E-state index in [1.165, 1.54) is 96.3 Å². The number of hydrogen-bond donors (Lipinski definition) is 1. The van der Waals surface area contributed by atoms with Crippen molar-refractivity contribution in [2.45, 2.75) is 226 Å². The highest BCUT2D eigenvalue weighted by atomic mass is 31.2. The first kappa shape index (κ1) is 65.9. The van der Waals surface area contributed by atoms with Crippen LogP contribution in [0.4, 0.5) is 0 Å². The van der Waals surface area contributed by atoms with Gasteiger partial charge in [-0.3, -0.25) is 14.2 Å². The Bertz CT molecular complexity index is 1510. The Morgan fingerprint density at radius 3 is 1.46 bits per heavy atom. The van der Waals surface area contributed by atoms with Crippen molar-refractivity contribution in [1.29, 1.82) is 0 Å². The van der Waals surface area contributed by atoms with Crippen LogP contribution >= 0.6 is 7.82 Å². The van der Waals surface area contributed by atoms with Crippen LogP contribution in [-0.2, 0) is 27.9 Å². The predicted molar refractivity (Wildman–Crippen MR) is 293 cm³/mol. The summed E-state index contributed by atoms with van der Waals surface area (Å²) in [7, 11) is 1.14. The van der Waals surface area contributed by atoms with Gasteiger partial charge < -0.3 is 28.5 Å². The summed E-state index contributed by atoms with van der Waals surface area (Å²) in [5, 5.41) is 3.00. The first-order chi connectivity index (χ1) is 33.4. The number of nitrogens with one attached hydrogen (secondary N) is 1. The van der Waals surface area contributed by atoms with Gasteiger partial charge in [0.25, 0.3) is 7.82 Å². The van der Waals surface area contributed by atoms with Gasteiger partial charge in [0, 0.05) is 12.8 Å². The van der Waals surface area contributed by atoms with Gasteiger partial charge >= 0.3 is 5.97 Å². The number of amides is 1. The molecular formula is C59H103N2O7P. The minimum Gasteiger partial charge on any atom is -0.756 e. The Kier molecular flexibility index (Phi) is 46.4. The summed E-state index contributed by atoms with van der Waals surface area (Å²) in [6.07, 6.45) is 63.7. The molecule has 0 aromatic carbocycles. The fourth-order valence-electron chi connectivity index (χ4n) is 7.37. The second kappa shape index (κ2) is 48.6. The summed E-state index contributed by atoms with van der Waals surface area (Å²) in [5.74, 6) is -0.605. The third-order valence-electron chi connectivity index (χ3n) is 11.7. The van der Waals surface area contributed by atoms with Gasteiger partial charge in [0.15, 0.2) is 0 Å². The van der Waals surface area contributed by atoms with Gasteiger partial charge in [-0.15, -0.1) is 0 Å². The number of phosphoric acid groups is 1. The monoisotopic (exact) mass is 983 g/mol. The summed E-state index contributed by atoms with van der Waals surface area (Å²) in [6.45, 7) is 6.62. The second-order valence-corrected chi connectivity index (χ2v) is 20.9. The molecule has 0 aliphatic rings. The summed E-state index contributed by atoms with van der Waals surface area (Å²) in [4.78, 5) is 39.8. The normalized spacial score (nSPS) is 14.6. The van der Waals surface area contributed by atoms with Crippen molar-refractivity contribution in [3.05, 3.63) is 97.2 Å². The Morgan fingerprint density at radius 2 is 0.942 bits per heavy atom. The van der Waals surface area contributed by atoms with E-state index in [0.29, 0.717) is 23.9 Å². The van der Waals surface area contributed by atoms with E-state index in [-0.39, 0.29) is 24.9 Å². The van der Waals surface area contributed by atoms with Crippen molar-refractivity contribution in [3.8, 4) is 0 Å². The highest BCUT2D eigenvalue weighted by Gasteiger charge is 2.27. The average molecular weight is 983 g/mol. The SMILES string of the molecule is CC\C=C/C=C/C=C/C=C\C=C\C=C\CCCCCC(=O)OC(/C=C/CCCCCCCCCCC)C(COP(=O)([O-])OCC[N+](C)(C)C)NC(=O)CCCCCCCCC/C=C\CCCCCC. The molecule has 0 fully saturated rings. The number of hydrogen-bond acceptors (Lipinski definition) is 7. The van der Waals surface area contributed by atoms with E-state index in [4.69, 9.17) is 13.8 Å². The number of unbranched alkanes of at least 4 members (excludes halogenated alkanes) is 23. The molecule has 0 aliphatic carbocycles. The minimum absolute atomic E-state index is 0.0355. The van der Waals surface area contributed by atoms with Crippen LogP contribution in [0, 0.1) is 0 Å². The van der Waals surface area contributed by atoms with Crippen LogP contribution in [0.1, 0.15) is 213 Å². The van der Waals surface area contributed by atoms with Gasteiger partial charge in [-0.05, 0) is 76.7 Å². The highest BCUT2D eigenvalue weighted by molar-refractivity contribution is 7.45. The third-order valence-corrected chi connectivity index (χ3v) is 12.6. The summed E-state index contributed by atoms with van der Waals surface area (Å²) < 4.78 is 30.1. The molecule has 9 nitrogen and oxygen atoms in total. The van der Waals surface area contributed by atoms with Crippen LogP contribution in [0.2, 0.25) is 0 Å². The Morgan fingerprint density at radius 1 is 0.522 bits per heavy atom. The number of nitrogens with zero attached hydrogens (tertiary/aromatic N) is 1. The number of rotatable bonds is 48. The van der Waals surface area contributed by atoms with Crippen LogP contribution < -0.4 is 10.2 Å². The molecule has 3 atom stereocenters. The largest absolute Gasteiger partial charge is 0.756 e. The molecule has 0 spiro atoms. The lowest BCUT2D eigenvalue weighted by atomic mass is 10.1. The maximum Gasteiger partial charge on any atom is 0.306 e. The van der Waals surface area contributed by atoms with Crippen molar-refractivity contribution in [1.82, 2.24) is 5.32 Å². The third kappa shape index (κ3) is 49.7. The van der Waals surface area contributed by atoms with Crippen molar-refractivity contribution >= 4 is 19.7 Å². The summed E-state index contributed by atoms with van der Waals surface area (Å²) in [6, 6.07) is -0.913. The minimum atomic E-state index is -4.71. The number of carbonyl (C=O) groups is 2. The van der Waals surface area contributed by atoms with Crippen molar-refractivity contribution in [2.75, 3.05) is 40.9 Å². The van der Waals surface area contributed by atoms with Gasteiger partial charge in [0.05, 0.1) is 33.8 Å². The van der Waals surface area contributed by atoms with Crippen molar-refractivity contribution in [3.63, 3.8) is 0 Å². The molecule has 396 valence electrons. The van der Waals surface area contributed by atoms with E-state index in [9.17, 15) is 19.0 Å². The molecule has 1 N–H and O–H groups in total.